The number of fused-ring (bicyclic) bond motifs is 1. The van der Waals surface area contributed by atoms with Gasteiger partial charge in [-0.1, -0.05) is 55.4 Å². The molecule has 2 aromatic heterocycles. The van der Waals surface area contributed by atoms with Crippen LogP contribution in [-0.4, -0.2) is 0 Å². The summed E-state index contributed by atoms with van der Waals surface area (Å²) >= 11 is 4.12. The molecule has 0 N–H and O–H groups in total. The van der Waals surface area contributed by atoms with Crippen molar-refractivity contribution in [1.29, 1.82) is 0 Å². The van der Waals surface area contributed by atoms with Crippen molar-refractivity contribution >= 4 is 32.8 Å². The van der Waals surface area contributed by atoms with Crippen molar-refractivity contribution in [3.63, 3.8) is 0 Å². The summed E-state index contributed by atoms with van der Waals surface area (Å²) in [6.07, 6.45) is 0. The Hall–Kier alpha value is -0.340. The van der Waals surface area contributed by atoms with Gasteiger partial charge >= 0.3 is 0 Å². The van der Waals surface area contributed by atoms with Gasteiger partial charge in [-0.2, -0.15) is 0 Å². The van der Waals surface area contributed by atoms with E-state index < -0.39 is 0 Å². The van der Waals surface area contributed by atoms with E-state index in [1.807, 2.05) is 0 Å². The van der Waals surface area contributed by atoms with Gasteiger partial charge in [-0.25, -0.2) is 0 Å². The molecule has 20 heavy (non-hydrogen) atoms. The molecule has 0 aliphatic rings. The Bertz CT molecular complexity index is 594. The fourth-order valence-electron chi connectivity index (χ4n) is 2.88. The summed E-state index contributed by atoms with van der Waals surface area (Å²) in [6.45, 7) is 18.7. The smallest absolute Gasteiger partial charge is 0.0493 e. The maximum Gasteiger partial charge on any atom is 0.0493 e. The maximum absolute atomic E-state index is 2.35. The number of hydrogen-bond acceptors (Lipinski definition) is 2. The molecular weight excluding hydrogens is 280 g/mol. The van der Waals surface area contributed by atoms with Crippen LogP contribution in [-0.2, 0) is 0 Å². The second kappa shape index (κ2) is 5.81. The molecule has 0 aliphatic carbocycles. The molecule has 112 valence electrons. The first-order valence-corrected chi connectivity index (χ1v) is 9.47. The Morgan fingerprint density at radius 2 is 1.05 bits per heavy atom. The van der Waals surface area contributed by atoms with Crippen LogP contribution in [0.4, 0.5) is 0 Å². The van der Waals surface area contributed by atoms with E-state index >= 15 is 0 Å². The minimum absolute atomic E-state index is 0.619. The molecule has 0 bridgehead atoms. The summed E-state index contributed by atoms with van der Waals surface area (Å²) in [6, 6.07) is 0. The zero-order valence-electron chi connectivity index (χ0n) is 14.1. The lowest BCUT2D eigenvalue weighted by molar-refractivity contribution is 0.812. The zero-order chi connectivity index (χ0) is 15.2. The van der Waals surface area contributed by atoms with Crippen LogP contribution in [0.25, 0.3) is 10.1 Å². The molecule has 0 unspecified atom stereocenters. The molecule has 0 nitrogen and oxygen atoms in total. The normalized spacial score (nSPS) is 12.8. The molecule has 0 saturated heterocycles. The first kappa shape index (κ1) is 16.0. The zero-order valence-corrected chi connectivity index (χ0v) is 15.8. The molecule has 0 fully saturated rings. The van der Waals surface area contributed by atoms with Gasteiger partial charge in [-0.3, -0.25) is 0 Å². The van der Waals surface area contributed by atoms with Crippen LogP contribution in [0, 0.1) is 0 Å². The average molecular weight is 309 g/mol. The number of thiophene rings is 2. The summed E-state index contributed by atoms with van der Waals surface area (Å²) < 4.78 is 1.58. The standard InChI is InChI=1S/C18H28S2/c1-9(2)13-14-16(11(5)6)19-17(12(7)8)18(14)20-15(13)10(3)4/h9-12H,1-8H3. The van der Waals surface area contributed by atoms with Gasteiger partial charge in [0.2, 0.25) is 0 Å². The molecule has 0 spiro atoms. The highest BCUT2D eigenvalue weighted by atomic mass is 32.1. The van der Waals surface area contributed by atoms with Gasteiger partial charge in [-0.15, -0.1) is 22.7 Å². The quantitative estimate of drug-likeness (QED) is 0.550. The topological polar surface area (TPSA) is 0 Å². The Labute approximate surface area is 132 Å². The Morgan fingerprint density at radius 3 is 1.45 bits per heavy atom. The predicted octanol–water partition coefficient (Wildman–Crippen LogP) is 7.46. The average Bonchev–Trinajstić information content (AvgIpc) is 2.82. The summed E-state index contributed by atoms with van der Waals surface area (Å²) in [5.74, 6) is 2.51. The lowest BCUT2D eigenvalue weighted by atomic mass is 9.93. The molecular formula is C18H28S2. The first-order chi connectivity index (χ1) is 9.25. The fourth-order valence-corrected chi connectivity index (χ4v) is 5.98. The molecule has 0 aromatic carbocycles. The molecule has 2 aromatic rings. The van der Waals surface area contributed by atoms with Crippen LogP contribution in [0.3, 0.4) is 0 Å². The Morgan fingerprint density at radius 1 is 0.550 bits per heavy atom. The summed E-state index contributed by atoms with van der Waals surface area (Å²) in [4.78, 5) is 4.82. The molecule has 0 amide bonds. The SMILES string of the molecule is CC(C)c1sc2c(C(C)C)sc(C(C)C)c2c1C(C)C. The van der Waals surface area contributed by atoms with Gasteiger partial charge < -0.3 is 0 Å². The molecule has 2 heteroatoms. The molecule has 0 atom stereocenters. The summed E-state index contributed by atoms with van der Waals surface area (Å²) in [5.41, 5.74) is 1.63. The van der Waals surface area contributed by atoms with Crippen LogP contribution in [0.15, 0.2) is 0 Å². The highest BCUT2D eigenvalue weighted by Gasteiger charge is 2.25. The predicted molar refractivity (Wildman–Crippen MR) is 96.1 cm³/mol. The van der Waals surface area contributed by atoms with Gasteiger partial charge in [0.15, 0.2) is 0 Å². The lowest BCUT2D eigenvalue weighted by Gasteiger charge is -2.12. The van der Waals surface area contributed by atoms with E-state index in [2.05, 4.69) is 78.1 Å². The molecule has 2 rings (SSSR count). The summed E-state index contributed by atoms with van der Waals surface area (Å²) in [5, 5.41) is 1.61. The van der Waals surface area contributed by atoms with Gasteiger partial charge in [0.1, 0.15) is 0 Å². The minimum Gasteiger partial charge on any atom is -0.143 e. The van der Waals surface area contributed by atoms with Crippen LogP contribution in [0.5, 0.6) is 0 Å². The van der Waals surface area contributed by atoms with Crippen molar-refractivity contribution in [2.75, 3.05) is 0 Å². The number of hydrogen-bond donors (Lipinski definition) is 0. The van der Waals surface area contributed by atoms with E-state index in [1.165, 1.54) is 0 Å². The first-order valence-electron chi connectivity index (χ1n) is 7.84. The third-order valence-electron chi connectivity index (χ3n) is 3.81. The number of rotatable bonds is 4. The van der Waals surface area contributed by atoms with Crippen molar-refractivity contribution in [1.82, 2.24) is 0 Å². The second-order valence-corrected chi connectivity index (χ2v) is 9.17. The van der Waals surface area contributed by atoms with Crippen molar-refractivity contribution < 1.29 is 0 Å². The van der Waals surface area contributed by atoms with Crippen LogP contribution in [0.1, 0.15) is 99.3 Å². The van der Waals surface area contributed by atoms with Crippen molar-refractivity contribution in [3.05, 3.63) is 20.2 Å². The van der Waals surface area contributed by atoms with Crippen LogP contribution < -0.4 is 0 Å². The summed E-state index contributed by atoms with van der Waals surface area (Å²) in [7, 11) is 0. The van der Waals surface area contributed by atoms with Crippen molar-refractivity contribution in [3.8, 4) is 0 Å². The molecule has 0 aliphatic heterocycles. The monoisotopic (exact) mass is 308 g/mol. The maximum atomic E-state index is 2.35. The van der Waals surface area contributed by atoms with E-state index in [-0.39, 0.29) is 0 Å². The minimum atomic E-state index is 0.619. The Kier molecular flexibility index (Phi) is 4.66. The van der Waals surface area contributed by atoms with Crippen molar-refractivity contribution in [2.24, 2.45) is 0 Å². The van der Waals surface area contributed by atoms with E-state index in [9.17, 15) is 0 Å². The second-order valence-electron chi connectivity index (χ2n) is 7.03. The fraction of sp³-hybridized carbons (Fsp3) is 0.667. The van der Waals surface area contributed by atoms with E-state index in [0.717, 1.165) is 0 Å². The molecule has 0 radical (unpaired) electrons. The Balaban J connectivity index is 2.87. The van der Waals surface area contributed by atoms with Gasteiger partial charge in [0, 0.05) is 24.7 Å². The third kappa shape index (κ3) is 2.57. The third-order valence-corrected chi connectivity index (χ3v) is 7.27. The lowest BCUT2D eigenvalue weighted by Crippen LogP contribution is -1.95. The molecule has 2 heterocycles. The van der Waals surface area contributed by atoms with E-state index in [0.29, 0.717) is 23.7 Å². The highest BCUT2D eigenvalue weighted by molar-refractivity contribution is 7.24. The van der Waals surface area contributed by atoms with Crippen molar-refractivity contribution in [2.45, 2.75) is 79.1 Å². The van der Waals surface area contributed by atoms with Gasteiger partial charge in [0.05, 0.1) is 0 Å². The largest absolute Gasteiger partial charge is 0.143 e. The molecule has 0 saturated carbocycles. The van der Waals surface area contributed by atoms with Gasteiger partial charge in [0.25, 0.3) is 0 Å². The van der Waals surface area contributed by atoms with E-state index in [1.54, 1.807) is 30.3 Å². The van der Waals surface area contributed by atoms with E-state index in [4.69, 9.17) is 0 Å². The highest BCUT2D eigenvalue weighted by Crippen LogP contribution is 2.50. The van der Waals surface area contributed by atoms with Crippen LogP contribution >= 0.6 is 22.7 Å². The van der Waals surface area contributed by atoms with Gasteiger partial charge in [-0.05, 0) is 29.2 Å². The van der Waals surface area contributed by atoms with Crippen LogP contribution in [0.2, 0.25) is 0 Å².